The summed E-state index contributed by atoms with van der Waals surface area (Å²) in [4.78, 5) is 18.2. The van der Waals surface area contributed by atoms with Crippen molar-refractivity contribution in [1.82, 2.24) is 8.87 Å². The lowest BCUT2D eigenvalue weighted by Crippen LogP contribution is -2.42. The summed E-state index contributed by atoms with van der Waals surface area (Å²) in [5.41, 5.74) is 2.14. The molecule has 1 unspecified atom stereocenters. The SMILES string of the molecule is COCCn1c(=NC(=O)C2CCCN(S(=O)(=O)c3ccc(Cl)s3)C2)sc2cc(C)ccc21. The van der Waals surface area contributed by atoms with E-state index in [9.17, 15) is 13.2 Å². The average molecular weight is 514 g/mol. The van der Waals surface area contributed by atoms with Crippen LogP contribution in [0.2, 0.25) is 4.34 Å². The number of hydrogen-bond donors (Lipinski definition) is 0. The van der Waals surface area contributed by atoms with Gasteiger partial charge in [-0.15, -0.1) is 11.3 Å². The average Bonchev–Trinajstić information content (AvgIpc) is 3.35. The molecule has 11 heteroatoms. The van der Waals surface area contributed by atoms with Crippen molar-refractivity contribution in [2.24, 2.45) is 10.9 Å². The van der Waals surface area contributed by atoms with Crippen LogP contribution in [0.15, 0.2) is 39.5 Å². The van der Waals surface area contributed by atoms with Crippen LogP contribution in [0.4, 0.5) is 0 Å². The Hall–Kier alpha value is -1.56. The number of thiophene rings is 1. The number of fused-ring (bicyclic) bond motifs is 1. The number of ether oxygens (including phenoxy) is 1. The molecule has 1 aromatic carbocycles. The number of sulfonamides is 1. The highest BCUT2D eigenvalue weighted by Crippen LogP contribution is 2.31. The van der Waals surface area contributed by atoms with Gasteiger partial charge in [0, 0.05) is 26.7 Å². The summed E-state index contributed by atoms with van der Waals surface area (Å²) in [6, 6.07) is 9.22. The van der Waals surface area contributed by atoms with Crippen molar-refractivity contribution >= 4 is 60.4 Å². The van der Waals surface area contributed by atoms with E-state index in [2.05, 4.69) is 11.1 Å². The molecule has 1 fully saturated rings. The zero-order chi connectivity index (χ0) is 22.9. The first kappa shape index (κ1) is 23.6. The molecule has 0 N–H and O–H groups in total. The Kier molecular flexibility index (Phi) is 7.18. The normalized spacial score (nSPS) is 18.5. The fourth-order valence-electron chi connectivity index (χ4n) is 3.78. The van der Waals surface area contributed by atoms with E-state index in [0.29, 0.717) is 41.7 Å². The fraction of sp³-hybridized carbons (Fsp3) is 0.429. The predicted octanol–water partition coefficient (Wildman–Crippen LogP) is 3.90. The Morgan fingerprint density at radius 2 is 2.09 bits per heavy atom. The summed E-state index contributed by atoms with van der Waals surface area (Å²) in [5, 5.41) is 0. The van der Waals surface area contributed by atoms with Crippen molar-refractivity contribution in [1.29, 1.82) is 0 Å². The molecule has 3 aromatic rings. The summed E-state index contributed by atoms with van der Waals surface area (Å²) in [5.74, 6) is -0.764. The van der Waals surface area contributed by atoms with E-state index in [4.69, 9.17) is 16.3 Å². The maximum absolute atomic E-state index is 13.1. The Bertz CT molecular complexity index is 1310. The third kappa shape index (κ3) is 4.85. The first-order chi connectivity index (χ1) is 15.3. The van der Waals surface area contributed by atoms with E-state index in [1.807, 2.05) is 23.6 Å². The number of carbonyl (C=O) groups excluding carboxylic acids is 1. The number of halogens is 1. The maximum Gasteiger partial charge on any atom is 0.252 e. The molecular formula is C21H24ClN3O4S3. The Balaban J connectivity index is 1.62. The Morgan fingerprint density at radius 3 is 2.81 bits per heavy atom. The molecule has 0 saturated carbocycles. The van der Waals surface area contributed by atoms with Gasteiger partial charge in [0.1, 0.15) is 4.21 Å². The van der Waals surface area contributed by atoms with Crippen LogP contribution in [0.25, 0.3) is 10.2 Å². The van der Waals surface area contributed by atoms with Gasteiger partial charge in [-0.1, -0.05) is 29.0 Å². The van der Waals surface area contributed by atoms with Gasteiger partial charge in [0.25, 0.3) is 15.9 Å². The number of amides is 1. The van der Waals surface area contributed by atoms with E-state index < -0.39 is 15.9 Å². The van der Waals surface area contributed by atoms with Crippen LogP contribution in [0.1, 0.15) is 18.4 Å². The van der Waals surface area contributed by atoms with Gasteiger partial charge >= 0.3 is 0 Å². The monoisotopic (exact) mass is 513 g/mol. The quantitative estimate of drug-likeness (QED) is 0.500. The molecule has 0 bridgehead atoms. The van der Waals surface area contributed by atoms with Crippen molar-refractivity contribution in [3.05, 3.63) is 45.0 Å². The molecule has 1 aliphatic heterocycles. The van der Waals surface area contributed by atoms with Crippen LogP contribution >= 0.6 is 34.3 Å². The standard InChI is InChI=1S/C21H24ClN3O4S3/c1-14-5-6-16-17(12-14)30-21(25(16)10-11-29-2)23-20(26)15-4-3-9-24(13-15)32(27,28)19-8-7-18(22)31-19/h5-8,12,15H,3-4,9-11,13H2,1-2H3. The zero-order valence-corrected chi connectivity index (χ0v) is 21.0. The van der Waals surface area contributed by atoms with Gasteiger partial charge < -0.3 is 9.30 Å². The molecule has 172 valence electrons. The number of benzene rings is 1. The lowest BCUT2D eigenvalue weighted by molar-refractivity contribution is -0.122. The van der Waals surface area contributed by atoms with Crippen LogP contribution in [0, 0.1) is 12.8 Å². The zero-order valence-electron chi connectivity index (χ0n) is 17.8. The van der Waals surface area contributed by atoms with Crippen molar-refractivity contribution in [2.75, 3.05) is 26.8 Å². The van der Waals surface area contributed by atoms with Crippen LogP contribution < -0.4 is 4.80 Å². The molecule has 4 rings (SSSR count). The molecule has 32 heavy (non-hydrogen) atoms. The predicted molar refractivity (Wildman–Crippen MR) is 128 cm³/mol. The van der Waals surface area contributed by atoms with E-state index in [1.165, 1.54) is 21.7 Å². The molecule has 0 aliphatic carbocycles. The molecule has 1 amide bonds. The third-order valence-electron chi connectivity index (χ3n) is 5.44. The maximum atomic E-state index is 13.1. The Morgan fingerprint density at radius 1 is 1.28 bits per heavy atom. The topological polar surface area (TPSA) is 81.0 Å². The minimum atomic E-state index is -3.67. The van der Waals surface area contributed by atoms with Crippen molar-refractivity contribution in [3.8, 4) is 0 Å². The summed E-state index contributed by atoms with van der Waals surface area (Å²) < 4.78 is 36.2. The van der Waals surface area contributed by atoms with Crippen molar-refractivity contribution in [2.45, 2.75) is 30.5 Å². The molecule has 1 atom stereocenters. The van der Waals surface area contributed by atoms with Gasteiger partial charge in [0.15, 0.2) is 4.80 Å². The summed E-state index contributed by atoms with van der Waals surface area (Å²) in [6.45, 7) is 3.62. The number of rotatable bonds is 6. The number of nitrogens with zero attached hydrogens (tertiary/aromatic N) is 3. The highest BCUT2D eigenvalue weighted by molar-refractivity contribution is 7.91. The van der Waals surface area contributed by atoms with E-state index in [1.54, 1.807) is 13.2 Å². The van der Waals surface area contributed by atoms with Gasteiger partial charge in [-0.3, -0.25) is 4.79 Å². The smallest absolute Gasteiger partial charge is 0.252 e. The second-order valence-corrected chi connectivity index (χ2v) is 12.6. The van der Waals surface area contributed by atoms with Crippen molar-refractivity contribution < 1.29 is 17.9 Å². The molecular weight excluding hydrogens is 490 g/mol. The summed E-state index contributed by atoms with van der Waals surface area (Å²) >= 11 is 8.41. The molecule has 2 aromatic heterocycles. The highest BCUT2D eigenvalue weighted by atomic mass is 35.5. The van der Waals surface area contributed by atoms with Gasteiger partial charge in [-0.05, 0) is 49.6 Å². The lowest BCUT2D eigenvalue weighted by atomic mass is 9.99. The van der Waals surface area contributed by atoms with E-state index in [0.717, 1.165) is 27.1 Å². The largest absolute Gasteiger partial charge is 0.383 e. The van der Waals surface area contributed by atoms with E-state index >= 15 is 0 Å². The number of piperidine rings is 1. The first-order valence-corrected chi connectivity index (χ1v) is 13.7. The minimum Gasteiger partial charge on any atom is -0.383 e. The molecule has 0 spiro atoms. The van der Waals surface area contributed by atoms with Gasteiger partial charge in [0.05, 0.1) is 27.1 Å². The summed E-state index contributed by atoms with van der Waals surface area (Å²) in [6.07, 6.45) is 1.22. The van der Waals surface area contributed by atoms with Crippen LogP contribution in [-0.4, -0.2) is 50.0 Å². The third-order valence-corrected chi connectivity index (χ3v) is 10.0. The number of thiazole rings is 1. The lowest BCUT2D eigenvalue weighted by Gasteiger charge is -2.29. The number of aromatic nitrogens is 1. The van der Waals surface area contributed by atoms with Gasteiger partial charge in [-0.25, -0.2) is 8.42 Å². The molecule has 7 nitrogen and oxygen atoms in total. The number of methoxy groups -OCH3 is 1. The Labute approximate surface area is 200 Å². The molecule has 3 heterocycles. The van der Waals surface area contributed by atoms with Crippen LogP contribution in [0.3, 0.4) is 0 Å². The number of aryl methyl sites for hydroxylation is 1. The second kappa shape index (κ2) is 9.74. The minimum absolute atomic E-state index is 0.127. The number of carbonyl (C=O) groups is 1. The first-order valence-electron chi connectivity index (χ1n) is 10.2. The van der Waals surface area contributed by atoms with Crippen molar-refractivity contribution in [3.63, 3.8) is 0 Å². The van der Waals surface area contributed by atoms with Crippen LogP contribution in [0.5, 0.6) is 0 Å². The van der Waals surface area contributed by atoms with Crippen LogP contribution in [-0.2, 0) is 26.1 Å². The summed E-state index contributed by atoms with van der Waals surface area (Å²) in [7, 11) is -2.03. The fourth-order valence-corrected chi connectivity index (χ4v) is 8.10. The second-order valence-electron chi connectivity index (χ2n) is 7.71. The molecule has 1 aliphatic rings. The van der Waals surface area contributed by atoms with Gasteiger partial charge in [-0.2, -0.15) is 9.30 Å². The van der Waals surface area contributed by atoms with Gasteiger partial charge in [0.2, 0.25) is 0 Å². The number of hydrogen-bond acceptors (Lipinski definition) is 6. The molecule has 1 saturated heterocycles. The highest BCUT2D eigenvalue weighted by Gasteiger charge is 2.34. The molecule has 0 radical (unpaired) electrons. The van der Waals surface area contributed by atoms with E-state index in [-0.39, 0.29) is 16.7 Å².